The van der Waals surface area contributed by atoms with E-state index in [4.69, 9.17) is 0 Å². The number of aryl methyl sites for hydroxylation is 1. The molecule has 1 atom stereocenters. The van der Waals surface area contributed by atoms with Gasteiger partial charge in [0.05, 0.1) is 0 Å². The molecule has 1 heterocycles. The van der Waals surface area contributed by atoms with Gasteiger partial charge in [0.2, 0.25) is 0 Å². The van der Waals surface area contributed by atoms with Crippen LogP contribution in [0.3, 0.4) is 0 Å². The van der Waals surface area contributed by atoms with Gasteiger partial charge in [0.15, 0.2) is 0 Å². The molecule has 3 heteroatoms. The Bertz CT molecular complexity index is 499. The molecule has 0 aliphatic carbocycles. The van der Waals surface area contributed by atoms with E-state index in [2.05, 4.69) is 20.9 Å². The van der Waals surface area contributed by atoms with Gasteiger partial charge < -0.3 is 0 Å². The lowest BCUT2D eigenvalue weighted by atomic mass is 10.0. The predicted molar refractivity (Wildman–Crippen MR) is 70.7 cm³/mol. The molecule has 0 radical (unpaired) electrons. The molecule has 2 aromatic rings. The summed E-state index contributed by atoms with van der Waals surface area (Å²) < 4.78 is 13.0. The van der Waals surface area contributed by atoms with E-state index in [1.807, 2.05) is 31.2 Å². The number of hydrogen-bond acceptors (Lipinski definition) is 1. The van der Waals surface area contributed by atoms with Gasteiger partial charge in [-0.25, -0.2) is 4.39 Å². The second-order valence-corrected chi connectivity index (χ2v) is 5.10. The summed E-state index contributed by atoms with van der Waals surface area (Å²) >= 11 is 3.64. The van der Waals surface area contributed by atoms with E-state index in [0.717, 1.165) is 23.2 Å². The van der Waals surface area contributed by atoms with Crippen LogP contribution in [0.1, 0.15) is 21.6 Å². The van der Waals surface area contributed by atoms with Gasteiger partial charge in [-0.2, -0.15) is 0 Å². The third kappa shape index (κ3) is 3.13. The van der Waals surface area contributed by atoms with Gasteiger partial charge in [0.25, 0.3) is 0 Å². The molecular weight excluding hydrogens is 281 g/mol. The van der Waals surface area contributed by atoms with Crippen LogP contribution in [0.15, 0.2) is 42.6 Å². The standard InChI is InChI=1S/C14H13BrFN/c1-10-8-11(16)5-6-13(10)14(15)9-12-4-2-3-7-17-12/h2-8,14H,9H2,1H3. The Hall–Kier alpha value is -1.22. The number of benzene rings is 1. The van der Waals surface area contributed by atoms with Crippen LogP contribution in [0.4, 0.5) is 4.39 Å². The van der Waals surface area contributed by atoms with E-state index in [1.54, 1.807) is 12.3 Å². The Morgan fingerprint density at radius 2 is 2.12 bits per heavy atom. The molecule has 1 aromatic carbocycles. The van der Waals surface area contributed by atoms with Crippen molar-refractivity contribution in [3.05, 3.63) is 65.2 Å². The van der Waals surface area contributed by atoms with Crippen LogP contribution in [0.25, 0.3) is 0 Å². The van der Waals surface area contributed by atoms with E-state index < -0.39 is 0 Å². The summed E-state index contributed by atoms with van der Waals surface area (Å²) in [4.78, 5) is 4.45. The first-order valence-corrected chi connectivity index (χ1v) is 6.38. The lowest BCUT2D eigenvalue weighted by Gasteiger charge is -2.12. The molecule has 1 unspecified atom stereocenters. The predicted octanol–water partition coefficient (Wildman–Crippen LogP) is 4.21. The maximum atomic E-state index is 13.0. The highest BCUT2D eigenvalue weighted by Crippen LogP contribution is 2.29. The number of alkyl halides is 1. The number of rotatable bonds is 3. The topological polar surface area (TPSA) is 12.9 Å². The molecule has 1 aromatic heterocycles. The van der Waals surface area contributed by atoms with Gasteiger partial charge >= 0.3 is 0 Å². The molecule has 0 aliphatic heterocycles. The van der Waals surface area contributed by atoms with Crippen molar-refractivity contribution in [2.24, 2.45) is 0 Å². The van der Waals surface area contributed by atoms with Gasteiger partial charge in [-0.1, -0.05) is 28.1 Å². The second kappa shape index (κ2) is 5.41. The summed E-state index contributed by atoms with van der Waals surface area (Å²) in [6.45, 7) is 1.92. The summed E-state index contributed by atoms with van der Waals surface area (Å²) in [5.74, 6) is -0.191. The van der Waals surface area contributed by atoms with E-state index in [1.165, 1.54) is 6.07 Å². The maximum absolute atomic E-state index is 13.0. The van der Waals surface area contributed by atoms with Crippen LogP contribution >= 0.6 is 15.9 Å². The van der Waals surface area contributed by atoms with Gasteiger partial charge in [-0.15, -0.1) is 0 Å². The Labute approximate surface area is 109 Å². The first-order chi connectivity index (χ1) is 8.16. The van der Waals surface area contributed by atoms with Gasteiger partial charge in [0, 0.05) is 23.1 Å². The molecule has 0 fully saturated rings. The maximum Gasteiger partial charge on any atom is 0.123 e. The highest BCUT2D eigenvalue weighted by molar-refractivity contribution is 9.09. The Morgan fingerprint density at radius 1 is 1.29 bits per heavy atom. The first kappa shape index (κ1) is 12.2. The van der Waals surface area contributed by atoms with Crippen LogP contribution in [-0.2, 0) is 6.42 Å². The molecule has 0 saturated carbocycles. The number of halogens is 2. The quantitative estimate of drug-likeness (QED) is 0.773. The molecule has 0 amide bonds. The molecule has 17 heavy (non-hydrogen) atoms. The summed E-state index contributed by atoms with van der Waals surface area (Å²) in [6.07, 6.45) is 2.58. The third-order valence-corrected chi connectivity index (χ3v) is 3.50. The Kier molecular flexibility index (Phi) is 3.89. The summed E-state index contributed by atoms with van der Waals surface area (Å²) in [5.41, 5.74) is 3.10. The van der Waals surface area contributed by atoms with Crippen molar-refractivity contribution in [3.8, 4) is 0 Å². The zero-order valence-corrected chi connectivity index (χ0v) is 11.1. The van der Waals surface area contributed by atoms with Crippen molar-refractivity contribution in [2.45, 2.75) is 18.2 Å². The van der Waals surface area contributed by atoms with E-state index >= 15 is 0 Å². The van der Waals surface area contributed by atoms with E-state index in [9.17, 15) is 4.39 Å². The molecule has 1 nitrogen and oxygen atoms in total. The third-order valence-electron chi connectivity index (χ3n) is 2.68. The van der Waals surface area contributed by atoms with Gasteiger partial charge in [-0.3, -0.25) is 4.98 Å². The van der Waals surface area contributed by atoms with E-state index in [0.29, 0.717) is 0 Å². The molecule has 0 saturated heterocycles. The zero-order valence-electron chi connectivity index (χ0n) is 9.53. The van der Waals surface area contributed by atoms with Crippen molar-refractivity contribution in [3.63, 3.8) is 0 Å². The minimum absolute atomic E-state index is 0.165. The van der Waals surface area contributed by atoms with Crippen molar-refractivity contribution >= 4 is 15.9 Å². The molecule has 0 bridgehead atoms. The molecule has 0 N–H and O–H groups in total. The summed E-state index contributed by atoms with van der Waals surface area (Å²) in [5, 5.41) is 0. The second-order valence-electron chi connectivity index (χ2n) is 3.99. The lowest BCUT2D eigenvalue weighted by molar-refractivity contribution is 0.625. The first-order valence-electron chi connectivity index (χ1n) is 5.47. The fraction of sp³-hybridized carbons (Fsp3) is 0.214. The summed E-state index contributed by atoms with van der Waals surface area (Å²) in [6, 6.07) is 10.7. The van der Waals surface area contributed by atoms with Crippen LogP contribution in [-0.4, -0.2) is 4.98 Å². The van der Waals surface area contributed by atoms with Crippen molar-refractivity contribution in [1.29, 1.82) is 0 Å². The molecular formula is C14H13BrFN. The lowest BCUT2D eigenvalue weighted by Crippen LogP contribution is -2.00. The van der Waals surface area contributed by atoms with Crippen LogP contribution in [0.5, 0.6) is 0 Å². The normalized spacial score (nSPS) is 12.4. The fourth-order valence-electron chi connectivity index (χ4n) is 1.80. The average Bonchev–Trinajstić information content (AvgIpc) is 2.30. The molecule has 0 spiro atoms. The van der Waals surface area contributed by atoms with Crippen LogP contribution in [0.2, 0.25) is 0 Å². The van der Waals surface area contributed by atoms with Crippen molar-refractivity contribution in [1.82, 2.24) is 4.98 Å². The minimum atomic E-state index is -0.191. The summed E-state index contributed by atoms with van der Waals surface area (Å²) in [7, 11) is 0. The molecule has 0 aliphatic rings. The Balaban J connectivity index is 2.17. The van der Waals surface area contributed by atoms with Gasteiger partial charge in [0.1, 0.15) is 5.82 Å². The molecule has 88 valence electrons. The highest BCUT2D eigenvalue weighted by atomic mass is 79.9. The fourth-order valence-corrected chi connectivity index (χ4v) is 2.65. The Morgan fingerprint density at radius 3 is 2.76 bits per heavy atom. The van der Waals surface area contributed by atoms with Gasteiger partial charge in [-0.05, 0) is 42.3 Å². The highest BCUT2D eigenvalue weighted by Gasteiger charge is 2.12. The number of hydrogen-bond donors (Lipinski definition) is 0. The van der Waals surface area contributed by atoms with Crippen molar-refractivity contribution in [2.75, 3.05) is 0 Å². The van der Waals surface area contributed by atoms with Crippen LogP contribution < -0.4 is 0 Å². The van der Waals surface area contributed by atoms with E-state index in [-0.39, 0.29) is 10.6 Å². The largest absolute Gasteiger partial charge is 0.261 e. The number of aromatic nitrogens is 1. The average molecular weight is 294 g/mol. The monoisotopic (exact) mass is 293 g/mol. The van der Waals surface area contributed by atoms with Crippen LogP contribution in [0, 0.1) is 12.7 Å². The number of pyridine rings is 1. The van der Waals surface area contributed by atoms with Crippen molar-refractivity contribution < 1.29 is 4.39 Å². The number of nitrogens with zero attached hydrogens (tertiary/aromatic N) is 1. The smallest absolute Gasteiger partial charge is 0.123 e. The SMILES string of the molecule is Cc1cc(F)ccc1C(Br)Cc1ccccn1. The molecule has 2 rings (SSSR count). The zero-order chi connectivity index (χ0) is 12.3. The minimum Gasteiger partial charge on any atom is -0.261 e.